The molecule has 2 saturated carbocycles. The maximum absolute atomic E-state index is 4.48. The zero-order chi connectivity index (χ0) is 5.19. The Balaban J connectivity index is 2.11. The zero-order valence-electron chi connectivity index (χ0n) is 4.80. The zero-order valence-corrected chi connectivity index (χ0v) is 4.80. The summed E-state index contributed by atoms with van der Waals surface area (Å²) in [6.07, 6.45) is 6.34. The first-order valence-electron chi connectivity index (χ1n) is 3.45. The van der Waals surface area contributed by atoms with E-state index in [1.165, 1.54) is 19.3 Å². The van der Waals surface area contributed by atoms with E-state index >= 15 is 0 Å². The van der Waals surface area contributed by atoms with Gasteiger partial charge in [0, 0.05) is 0 Å². The van der Waals surface area contributed by atoms with Crippen LogP contribution >= 0.6 is 0 Å². The van der Waals surface area contributed by atoms with E-state index < -0.39 is 0 Å². The van der Waals surface area contributed by atoms with Crippen molar-refractivity contribution in [1.29, 1.82) is 0 Å². The van der Waals surface area contributed by atoms with E-state index in [1.807, 2.05) is 0 Å². The topological polar surface area (TPSA) is 12.4 Å². The monoisotopic (exact) mass is 107 g/mol. The maximum atomic E-state index is 4.48. The molecule has 3 rings (SSSR count). The van der Waals surface area contributed by atoms with Gasteiger partial charge in [-0.15, -0.1) is 0 Å². The van der Waals surface area contributed by atoms with Crippen LogP contribution in [0.4, 0.5) is 0 Å². The number of rotatable bonds is 0. The lowest BCUT2D eigenvalue weighted by Gasteiger charge is -2.27. The van der Waals surface area contributed by atoms with E-state index in [4.69, 9.17) is 0 Å². The van der Waals surface area contributed by atoms with Gasteiger partial charge < -0.3 is 0 Å². The highest BCUT2D eigenvalue weighted by Gasteiger charge is 2.69. The van der Waals surface area contributed by atoms with E-state index in [2.05, 4.69) is 11.2 Å². The van der Waals surface area contributed by atoms with Crippen LogP contribution in [0.3, 0.4) is 0 Å². The Morgan fingerprint density at radius 2 is 2.50 bits per heavy atom. The van der Waals surface area contributed by atoms with Gasteiger partial charge in [-0.1, -0.05) is 0 Å². The number of aliphatic imine (C=N–C) groups is 1. The summed E-state index contributed by atoms with van der Waals surface area (Å²) < 4.78 is 0. The van der Waals surface area contributed by atoms with Gasteiger partial charge in [0.1, 0.15) is 0 Å². The average molecular weight is 107 g/mol. The van der Waals surface area contributed by atoms with Gasteiger partial charge in [-0.2, -0.15) is 0 Å². The minimum atomic E-state index is 0.569. The fourth-order valence-corrected chi connectivity index (χ4v) is 2.42. The predicted octanol–water partition coefficient (Wildman–Crippen LogP) is 1.24. The van der Waals surface area contributed by atoms with Crippen LogP contribution in [0.25, 0.3) is 0 Å². The van der Waals surface area contributed by atoms with E-state index in [0.29, 0.717) is 5.54 Å². The third-order valence-corrected chi connectivity index (χ3v) is 3.12. The lowest BCUT2D eigenvalue weighted by Crippen LogP contribution is -2.28. The summed E-state index contributed by atoms with van der Waals surface area (Å²) in [5.74, 6) is 2.03. The minimum Gasteiger partial charge on any atom is -0.290 e. The smallest absolute Gasteiger partial charge is 0.0668 e. The first kappa shape index (κ1) is 3.65. The van der Waals surface area contributed by atoms with Crippen molar-refractivity contribution in [3.05, 3.63) is 0 Å². The van der Waals surface area contributed by atoms with Gasteiger partial charge in [0.2, 0.25) is 0 Å². The molecule has 3 unspecified atom stereocenters. The Hall–Kier alpha value is -0.330. The third-order valence-electron chi connectivity index (χ3n) is 3.12. The van der Waals surface area contributed by atoms with E-state index in [9.17, 15) is 0 Å². The summed E-state index contributed by atoms with van der Waals surface area (Å²) in [5.41, 5.74) is 0.569. The van der Waals surface area contributed by atoms with Crippen LogP contribution in [0.2, 0.25) is 0 Å². The maximum Gasteiger partial charge on any atom is 0.0668 e. The molecule has 1 aliphatic heterocycles. The van der Waals surface area contributed by atoms with Crippen LogP contribution in [0.1, 0.15) is 19.3 Å². The van der Waals surface area contributed by atoms with Crippen molar-refractivity contribution < 1.29 is 0 Å². The van der Waals surface area contributed by atoms with Gasteiger partial charge in [-0.05, 0) is 37.3 Å². The van der Waals surface area contributed by atoms with Crippen LogP contribution in [0.5, 0.6) is 0 Å². The van der Waals surface area contributed by atoms with Gasteiger partial charge in [0.25, 0.3) is 0 Å². The molecule has 42 valence electrons. The molecule has 0 aromatic carbocycles. The summed E-state index contributed by atoms with van der Waals surface area (Å²) in [6, 6.07) is 0. The fourth-order valence-electron chi connectivity index (χ4n) is 2.42. The lowest BCUT2D eigenvalue weighted by molar-refractivity contribution is 0.275. The van der Waals surface area contributed by atoms with Gasteiger partial charge >= 0.3 is 0 Å². The Labute approximate surface area is 48.8 Å². The Morgan fingerprint density at radius 1 is 1.50 bits per heavy atom. The van der Waals surface area contributed by atoms with Crippen LogP contribution in [-0.2, 0) is 0 Å². The second-order valence-electron chi connectivity index (χ2n) is 3.37. The Bertz CT molecular complexity index is 173. The lowest BCUT2D eigenvalue weighted by atomic mass is 9.80. The highest BCUT2D eigenvalue weighted by Crippen LogP contribution is 2.68. The number of nitrogens with zero attached hydrogens (tertiary/aromatic N) is 1. The van der Waals surface area contributed by atoms with Crippen molar-refractivity contribution in [1.82, 2.24) is 0 Å². The molecular weight excluding hydrogens is 98.1 g/mol. The number of hydrogen-bond acceptors (Lipinski definition) is 1. The normalized spacial score (nSPS) is 64.0. The fraction of sp³-hybridized carbons (Fsp3) is 0.857. The predicted molar refractivity (Wildman–Crippen MR) is 32.1 cm³/mol. The molecule has 0 aromatic rings. The molecule has 2 aliphatic carbocycles. The quantitative estimate of drug-likeness (QED) is 0.441. The summed E-state index contributed by atoms with van der Waals surface area (Å²) in [5, 5.41) is 0. The van der Waals surface area contributed by atoms with Crippen molar-refractivity contribution in [2.45, 2.75) is 24.8 Å². The largest absolute Gasteiger partial charge is 0.290 e. The molecule has 1 heteroatoms. The van der Waals surface area contributed by atoms with E-state index in [1.54, 1.807) is 0 Å². The second kappa shape index (κ2) is 0.772. The summed E-state index contributed by atoms with van der Waals surface area (Å²) in [6.45, 7) is 0. The van der Waals surface area contributed by atoms with Crippen LogP contribution in [0.15, 0.2) is 4.99 Å². The van der Waals surface area contributed by atoms with Crippen molar-refractivity contribution >= 4 is 6.21 Å². The van der Waals surface area contributed by atoms with Crippen molar-refractivity contribution in [2.24, 2.45) is 16.8 Å². The van der Waals surface area contributed by atoms with Crippen LogP contribution in [0, 0.1) is 11.8 Å². The molecule has 0 amide bonds. The van der Waals surface area contributed by atoms with Gasteiger partial charge in [-0.25, -0.2) is 0 Å². The summed E-state index contributed by atoms with van der Waals surface area (Å²) >= 11 is 0. The highest BCUT2D eigenvalue weighted by molar-refractivity contribution is 5.65. The summed E-state index contributed by atoms with van der Waals surface area (Å²) in [4.78, 5) is 4.48. The van der Waals surface area contributed by atoms with E-state index in [-0.39, 0.29) is 0 Å². The molecule has 1 nitrogen and oxygen atoms in total. The SMILES string of the molecule is C1=NC23CC2CC3C1. The molecule has 0 saturated heterocycles. The molecule has 0 aromatic heterocycles. The molecule has 1 heterocycles. The molecule has 1 spiro atoms. The second-order valence-corrected chi connectivity index (χ2v) is 3.37. The van der Waals surface area contributed by atoms with Crippen molar-refractivity contribution in [2.75, 3.05) is 0 Å². The van der Waals surface area contributed by atoms with E-state index in [0.717, 1.165) is 11.8 Å². The standard InChI is InChI=1S/C7H9N/c1-2-8-7-4-6(7)3-5(1)7/h2,5-6H,1,3-4H2. The van der Waals surface area contributed by atoms with Gasteiger partial charge in [0.15, 0.2) is 0 Å². The first-order chi connectivity index (χ1) is 3.92. The van der Waals surface area contributed by atoms with Crippen LogP contribution in [-0.4, -0.2) is 11.8 Å². The molecule has 0 N–H and O–H groups in total. The van der Waals surface area contributed by atoms with Crippen LogP contribution < -0.4 is 0 Å². The molecule has 3 atom stereocenters. The first-order valence-corrected chi connectivity index (χ1v) is 3.45. The number of hydrogen-bond donors (Lipinski definition) is 0. The average Bonchev–Trinajstić information content (AvgIpc) is 1.98. The Kier molecular flexibility index (Phi) is 0.352. The Morgan fingerprint density at radius 3 is 3.00 bits per heavy atom. The van der Waals surface area contributed by atoms with Gasteiger partial charge in [0.05, 0.1) is 5.54 Å². The molecule has 2 fully saturated rings. The third kappa shape index (κ3) is 0.188. The molecule has 0 radical (unpaired) electrons. The molecule has 8 heavy (non-hydrogen) atoms. The van der Waals surface area contributed by atoms with Gasteiger partial charge in [-0.3, -0.25) is 4.99 Å². The minimum absolute atomic E-state index is 0.569. The van der Waals surface area contributed by atoms with Crippen molar-refractivity contribution in [3.63, 3.8) is 0 Å². The molecule has 3 aliphatic rings. The summed E-state index contributed by atoms with van der Waals surface area (Å²) in [7, 11) is 0. The highest BCUT2D eigenvalue weighted by atomic mass is 15.0. The molecule has 0 bridgehead atoms. The molecular formula is C7H9N. The van der Waals surface area contributed by atoms with Crippen molar-refractivity contribution in [3.8, 4) is 0 Å².